The highest BCUT2D eigenvalue weighted by molar-refractivity contribution is 6.09. The van der Waals surface area contributed by atoms with Crippen LogP contribution < -0.4 is 14.8 Å². The first kappa shape index (κ1) is 19.7. The SMILES string of the molecule is COc1cccc2c1OCCCN(C(=O)c1coc3nc(C)nc(NC4(C)CC4)c13)C2. The maximum Gasteiger partial charge on any atom is 0.258 e. The first-order valence-electron chi connectivity index (χ1n) is 10.6. The van der Waals surface area contributed by atoms with Crippen LogP contribution in [0.25, 0.3) is 11.1 Å². The fourth-order valence-corrected chi connectivity index (χ4v) is 3.96. The number of aryl methyl sites for hydroxylation is 1. The van der Waals surface area contributed by atoms with Crippen molar-refractivity contribution in [1.29, 1.82) is 0 Å². The number of hydrogen-bond donors (Lipinski definition) is 1. The summed E-state index contributed by atoms with van der Waals surface area (Å²) in [4.78, 5) is 24.5. The van der Waals surface area contributed by atoms with Gasteiger partial charge in [-0.25, -0.2) is 4.98 Å². The van der Waals surface area contributed by atoms with Gasteiger partial charge in [-0.15, -0.1) is 0 Å². The van der Waals surface area contributed by atoms with Gasteiger partial charge in [0.05, 0.1) is 24.7 Å². The van der Waals surface area contributed by atoms with Gasteiger partial charge in [-0.05, 0) is 39.2 Å². The summed E-state index contributed by atoms with van der Waals surface area (Å²) in [5.74, 6) is 2.54. The standard InChI is InChI=1S/C23H26N4O4/c1-14-24-20(26-23(2)8-9-23)18-16(13-31-21(18)25-14)22(28)27-10-5-11-30-19-15(12-27)6-4-7-17(19)29-3/h4,6-7,13H,5,8-12H2,1-3H3,(H,24,25,26). The molecule has 31 heavy (non-hydrogen) atoms. The molecule has 162 valence electrons. The molecule has 0 radical (unpaired) electrons. The zero-order valence-electron chi connectivity index (χ0n) is 18.0. The molecule has 1 N–H and O–H groups in total. The number of amides is 1. The lowest BCUT2D eigenvalue weighted by Crippen LogP contribution is -2.33. The molecule has 0 saturated heterocycles. The quantitative estimate of drug-likeness (QED) is 0.681. The second-order valence-corrected chi connectivity index (χ2v) is 8.51. The minimum absolute atomic E-state index is 0.0126. The fourth-order valence-electron chi connectivity index (χ4n) is 3.96. The Labute approximate surface area is 180 Å². The molecule has 0 spiro atoms. The van der Waals surface area contributed by atoms with E-state index in [9.17, 15) is 4.79 Å². The van der Waals surface area contributed by atoms with Gasteiger partial charge in [0.15, 0.2) is 11.5 Å². The molecule has 0 bridgehead atoms. The third-order valence-electron chi connectivity index (χ3n) is 5.94. The number of methoxy groups -OCH3 is 1. The highest BCUT2D eigenvalue weighted by Gasteiger charge is 2.38. The van der Waals surface area contributed by atoms with E-state index in [1.54, 1.807) is 7.11 Å². The Morgan fingerprint density at radius 1 is 1.29 bits per heavy atom. The zero-order chi connectivity index (χ0) is 21.6. The molecule has 8 heteroatoms. The van der Waals surface area contributed by atoms with Crippen molar-refractivity contribution in [3.05, 3.63) is 41.4 Å². The van der Waals surface area contributed by atoms with Gasteiger partial charge >= 0.3 is 0 Å². The first-order chi connectivity index (χ1) is 15.0. The van der Waals surface area contributed by atoms with Crippen molar-refractivity contribution in [2.24, 2.45) is 0 Å². The van der Waals surface area contributed by atoms with Gasteiger partial charge in [0.1, 0.15) is 17.9 Å². The van der Waals surface area contributed by atoms with Crippen molar-refractivity contribution in [2.75, 3.05) is 25.6 Å². The van der Waals surface area contributed by atoms with Gasteiger partial charge < -0.3 is 24.1 Å². The van der Waals surface area contributed by atoms with Crippen molar-refractivity contribution in [1.82, 2.24) is 14.9 Å². The molecule has 0 unspecified atom stereocenters. The topological polar surface area (TPSA) is 89.7 Å². The fraction of sp³-hybridized carbons (Fsp3) is 0.435. The van der Waals surface area contributed by atoms with Crippen molar-refractivity contribution >= 4 is 22.8 Å². The highest BCUT2D eigenvalue weighted by atomic mass is 16.5. The largest absolute Gasteiger partial charge is 0.493 e. The van der Waals surface area contributed by atoms with Crippen molar-refractivity contribution in [3.8, 4) is 11.5 Å². The number of ether oxygens (including phenoxy) is 2. The summed E-state index contributed by atoms with van der Waals surface area (Å²) >= 11 is 0. The third kappa shape index (κ3) is 3.66. The maximum absolute atomic E-state index is 13.6. The number of anilines is 1. The molecule has 1 fully saturated rings. The molecule has 1 amide bonds. The van der Waals surface area contributed by atoms with Crippen LogP contribution >= 0.6 is 0 Å². The maximum atomic E-state index is 13.6. The first-order valence-corrected chi connectivity index (χ1v) is 10.6. The number of benzene rings is 1. The zero-order valence-corrected chi connectivity index (χ0v) is 18.0. The molecule has 0 atom stereocenters. The Kier molecular flexibility index (Phi) is 4.72. The van der Waals surface area contributed by atoms with Gasteiger partial charge in [0.25, 0.3) is 5.91 Å². The predicted molar refractivity (Wildman–Crippen MR) is 116 cm³/mol. The number of carbonyl (C=O) groups excluding carboxylic acids is 1. The van der Waals surface area contributed by atoms with Crippen molar-refractivity contribution in [3.63, 3.8) is 0 Å². The Hall–Kier alpha value is -3.29. The van der Waals surface area contributed by atoms with E-state index in [1.165, 1.54) is 6.26 Å². The highest BCUT2D eigenvalue weighted by Crippen LogP contribution is 2.40. The molecule has 3 heterocycles. The summed E-state index contributed by atoms with van der Waals surface area (Å²) in [7, 11) is 1.62. The molecule has 1 aromatic carbocycles. The van der Waals surface area contributed by atoms with E-state index in [0.717, 1.165) is 24.8 Å². The van der Waals surface area contributed by atoms with Crippen molar-refractivity contribution in [2.45, 2.75) is 45.2 Å². The summed E-state index contributed by atoms with van der Waals surface area (Å²) in [6.45, 7) is 5.49. The van der Waals surface area contributed by atoms with Gasteiger partial charge in [-0.1, -0.05) is 12.1 Å². The van der Waals surface area contributed by atoms with Gasteiger partial charge in [0, 0.05) is 24.2 Å². The van der Waals surface area contributed by atoms with E-state index < -0.39 is 0 Å². The monoisotopic (exact) mass is 422 g/mol. The van der Waals surface area contributed by atoms with E-state index >= 15 is 0 Å². The molecule has 2 aromatic heterocycles. The van der Waals surface area contributed by atoms with Gasteiger partial charge in [-0.2, -0.15) is 4.98 Å². The normalized spacial score (nSPS) is 17.3. The Morgan fingerprint density at radius 2 is 2.13 bits per heavy atom. The van der Waals surface area contributed by atoms with E-state index in [1.807, 2.05) is 30.0 Å². The average molecular weight is 422 g/mol. The molecular formula is C23H26N4O4. The molecule has 1 aliphatic carbocycles. The average Bonchev–Trinajstić information content (AvgIpc) is 3.29. The van der Waals surface area contributed by atoms with Gasteiger partial charge in [0.2, 0.25) is 5.71 Å². The molecular weight excluding hydrogens is 396 g/mol. The lowest BCUT2D eigenvalue weighted by molar-refractivity contribution is 0.0722. The minimum Gasteiger partial charge on any atom is -0.493 e. The summed E-state index contributed by atoms with van der Waals surface area (Å²) < 4.78 is 17.1. The number of hydrogen-bond acceptors (Lipinski definition) is 7. The van der Waals surface area contributed by atoms with Crippen LogP contribution in [0.3, 0.4) is 0 Å². The predicted octanol–water partition coefficient (Wildman–Crippen LogP) is 3.93. The number of aromatic nitrogens is 2. The van der Waals surface area contributed by atoms with Crippen molar-refractivity contribution < 1.29 is 18.7 Å². The van der Waals surface area contributed by atoms with Crippen LogP contribution in [0.4, 0.5) is 5.82 Å². The van der Waals surface area contributed by atoms with E-state index in [-0.39, 0.29) is 11.4 Å². The second-order valence-electron chi connectivity index (χ2n) is 8.51. The summed E-state index contributed by atoms with van der Waals surface area (Å²) in [6, 6.07) is 5.74. The van der Waals surface area contributed by atoms with E-state index in [2.05, 4.69) is 22.2 Å². The summed E-state index contributed by atoms with van der Waals surface area (Å²) in [5, 5.41) is 4.14. The Bertz CT molecular complexity index is 1150. The lowest BCUT2D eigenvalue weighted by Gasteiger charge is -2.27. The number of carbonyl (C=O) groups is 1. The third-order valence-corrected chi connectivity index (χ3v) is 5.94. The second kappa shape index (κ2) is 7.44. The summed E-state index contributed by atoms with van der Waals surface area (Å²) in [6.07, 6.45) is 4.37. The number of nitrogens with zero attached hydrogens (tertiary/aromatic N) is 3. The molecule has 1 saturated carbocycles. The van der Waals surface area contributed by atoms with Crippen LogP contribution in [0.5, 0.6) is 11.5 Å². The van der Waals surface area contributed by atoms with E-state index in [0.29, 0.717) is 59.5 Å². The summed E-state index contributed by atoms with van der Waals surface area (Å²) in [5.41, 5.74) is 1.84. The van der Waals surface area contributed by atoms with Crippen LogP contribution in [-0.4, -0.2) is 46.6 Å². The van der Waals surface area contributed by atoms with E-state index in [4.69, 9.17) is 13.9 Å². The van der Waals surface area contributed by atoms with Crippen LogP contribution in [0.1, 0.15) is 47.9 Å². The number of furan rings is 1. The molecule has 1 aliphatic heterocycles. The molecule has 8 nitrogen and oxygen atoms in total. The minimum atomic E-state index is -0.106. The molecule has 3 aromatic rings. The Balaban J connectivity index is 1.52. The van der Waals surface area contributed by atoms with Crippen LogP contribution in [0, 0.1) is 6.92 Å². The van der Waals surface area contributed by atoms with Gasteiger partial charge in [-0.3, -0.25) is 4.79 Å². The Morgan fingerprint density at radius 3 is 2.90 bits per heavy atom. The number of nitrogens with one attached hydrogen (secondary N) is 1. The van der Waals surface area contributed by atoms with Crippen LogP contribution in [-0.2, 0) is 6.54 Å². The number of fused-ring (bicyclic) bond motifs is 2. The molecule has 2 aliphatic rings. The van der Waals surface area contributed by atoms with Crippen LogP contribution in [0.2, 0.25) is 0 Å². The van der Waals surface area contributed by atoms with Crippen LogP contribution in [0.15, 0.2) is 28.9 Å². The number of rotatable bonds is 4. The number of para-hydroxylation sites is 1. The molecule has 5 rings (SSSR count). The smallest absolute Gasteiger partial charge is 0.258 e. The lowest BCUT2D eigenvalue weighted by atomic mass is 10.1.